The van der Waals surface area contributed by atoms with Gasteiger partial charge in [-0.25, -0.2) is 0 Å². The summed E-state index contributed by atoms with van der Waals surface area (Å²) in [4.78, 5) is 14.4. The Balaban J connectivity index is 1.58. The molecule has 1 N–H and O–H groups in total. The van der Waals surface area contributed by atoms with Gasteiger partial charge in [-0.05, 0) is 32.3 Å². The van der Waals surface area contributed by atoms with Gasteiger partial charge in [-0.3, -0.25) is 9.89 Å². The maximum Gasteiger partial charge on any atom is 0.228 e. The molecule has 2 heterocycles. The van der Waals surface area contributed by atoms with E-state index < -0.39 is 0 Å². The fourth-order valence-corrected chi connectivity index (χ4v) is 2.99. The van der Waals surface area contributed by atoms with Gasteiger partial charge in [-0.2, -0.15) is 5.10 Å². The third-order valence-electron chi connectivity index (χ3n) is 4.13. The molecule has 2 fully saturated rings. The van der Waals surface area contributed by atoms with Crippen molar-refractivity contribution >= 4 is 5.91 Å². The van der Waals surface area contributed by atoms with Crippen molar-refractivity contribution in [2.75, 3.05) is 19.7 Å². The molecular weight excluding hydrogens is 242 g/mol. The van der Waals surface area contributed by atoms with E-state index in [1.165, 1.54) is 0 Å². The number of amides is 1. The molecule has 0 spiro atoms. The highest BCUT2D eigenvalue weighted by atomic mass is 16.5. The van der Waals surface area contributed by atoms with E-state index in [-0.39, 0.29) is 17.9 Å². The van der Waals surface area contributed by atoms with Crippen LogP contribution in [0.15, 0.2) is 12.3 Å². The van der Waals surface area contributed by atoms with E-state index in [0.29, 0.717) is 12.5 Å². The maximum atomic E-state index is 12.4. The lowest BCUT2D eigenvalue weighted by molar-refractivity contribution is -0.134. The van der Waals surface area contributed by atoms with Crippen molar-refractivity contribution in [3.8, 4) is 0 Å². The Kier molecular flexibility index (Phi) is 3.55. The Morgan fingerprint density at radius 1 is 1.63 bits per heavy atom. The lowest BCUT2D eigenvalue weighted by Crippen LogP contribution is -2.40. The number of likely N-dealkylation sites (tertiary alicyclic amines) is 1. The second-order valence-corrected chi connectivity index (χ2v) is 5.47. The van der Waals surface area contributed by atoms with E-state index in [1.807, 2.05) is 17.9 Å². The predicted octanol–water partition coefficient (Wildman–Crippen LogP) is 1.54. The summed E-state index contributed by atoms with van der Waals surface area (Å²) in [5.41, 5.74) is 1.15. The van der Waals surface area contributed by atoms with Crippen LogP contribution in [0.5, 0.6) is 0 Å². The van der Waals surface area contributed by atoms with E-state index in [1.54, 1.807) is 6.20 Å². The standard InChI is InChI=1S/C14H21N3O2/c1-2-19-13-8-11(13)14(18)17-7-3-4-10(9-17)12-5-6-15-16-12/h5-6,10-11,13H,2-4,7-9H2,1H3,(H,15,16)/t10-,11-,13+/m0/s1. The zero-order chi connectivity index (χ0) is 13.2. The van der Waals surface area contributed by atoms with Crippen LogP contribution in [-0.4, -0.2) is 46.8 Å². The fraction of sp³-hybridized carbons (Fsp3) is 0.714. The molecule has 0 unspecified atom stereocenters. The molecule has 1 saturated heterocycles. The van der Waals surface area contributed by atoms with Crippen LogP contribution in [0.4, 0.5) is 0 Å². The number of H-pyrrole nitrogens is 1. The molecule has 1 aromatic rings. The van der Waals surface area contributed by atoms with Crippen LogP contribution in [0.3, 0.4) is 0 Å². The second-order valence-electron chi connectivity index (χ2n) is 5.47. The first-order chi connectivity index (χ1) is 9.29. The number of carbonyl (C=O) groups is 1. The minimum Gasteiger partial charge on any atom is -0.378 e. The summed E-state index contributed by atoms with van der Waals surface area (Å²) in [6, 6.07) is 2.01. The van der Waals surface area contributed by atoms with Gasteiger partial charge in [-0.1, -0.05) is 0 Å². The Morgan fingerprint density at radius 2 is 2.53 bits per heavy atom. The molecular formula is C14H21N3O2. The van der Waals surface area contributed by atoms with Gasteiger partial charge in [0.2, 0.25) is 5.91 Å². The first-order valence-corrected chi connectivity index (χ1v) is 7.19. The van der Waals surface area contributed by atoms with E-state index in [2.05, 4.69) is 10.2 Å². The maximum absolute atomic E-state index is 12.4. The number of aromatic amines is 1. The van der Waals surface area contributed by atoms with Gasteiger partial charge in [0.15, 0.2) is 0 Å². The number of hydrogen-bond acceptors (Lipinski definition) is 3. The van der Waals surface area contributed by atoms with Gasteiger partial charge in [-0.15, -0.1) is 0 Å². The van der Waals surface area contributed by atoms with Gasteiger partial charge in [0.1, 0.15) is 0 Å². The van der Waals surface area contributed by atoms with Crippen LogP contribution >= 0.6 is 0 Å². The van der Waals surface area contributed by atoms with Gasteiger partial charge < -0.3 is 9.64 Å². The summed E-state index contributed by atoms with van der Waals surface area (Å²) in [5, 5.41) is 7.03. The second kappa shape index (κ2) is 5.33. The smallest absolute Gasteiger partial charge is 0.228 e. The van der Waals surface area contributed by atoms with E-state index in [0.717, 1.165) is 38.0 Å². The number of carbonyl (C=O) groups excluding carboxylic acids is 1. The molecule has 104 valence electrons. The zero-order valence-electron chi connectivity index (χ0n) is 11.3. The summed E-state index contributed by atoms with van der Waals surface area (Å²) in [6.07, 6.45) is 5.05. The topological polar surface area (TPSA) is 58.2 Å². The first-order valence-electron chi connectivity index (χ1n) is 7.19. The number of nitrogens with one attached hydrogen (secondary N) is 1. The molecule has 3 atom stereocenters. The molecule has 3 rings (SSSR count). The first kappa shape index (κ1) is 12.7. The lowest BCUT2D eigenvalue weighted by atomic mass is 9.94. The van der Waals surface area contributed by atoms with Crippen LogP contribution in [0.25, 0.3) is 0 Å². The number of hydrogen-bond donors (Lipinski definition) is 1. The lowest BCUT2D eigenvalue weighted by Gasteiger charge is -2.32. The molecule has 0 aromatic carbocycles. The SMILES string of the molecule is CCO[C@@H]1C[C@@H]1C(=O)N1CCC[C@H](c2ccn[nH]2)C1. The molecule has 2 aliphatic rings. The molecule has 1 aromatic heterocycles. The number of ether oxygens (including phenoxy) is 1. The third-order valence-corrected chi connectivity index (χ3v) is 4.13. The van der Waals surface area contributed by atoms with Crippen LogP contribution < -0.4 is 0 Å². The number of rotatable bonds is 4. The summed E-state index contributed by atoms with van der Waals surface area (Å²) in [6.45, 7) is 4.38. The number of aromatic nitrogens is 2. The third kappa shape index (κ3) is 2.66. The number of piperidine rings is 1. The normalized spacial score (nSPS) is 30.4. The quantitative estimate of drug-likeness (QED) is 0.896. The Bertz CT molecular complexity index is 432. The highest BCUT2D eigenvalue weighted by molar-refractivity contribution is 5.82. The van der Waals surface area contributed by atoms with E-state index >= 15 is 0 Å². The molecule has 0 radical (unpaired) electrons. The highest BCUT2D eigenvalue weighted by Gasteiger charge is 2.46. The van der Waals surface area contributed by atoms with Crippen molar-refractivity contribution < 1.29 is 9.53 Å². The Labute approximate surface area is 113 Å². The fourth-order valence-electron chi connectivity index (χ4n) is 2.99. The molecule has 1 amide bonds. The average Bonchev–Trinajstić information content (AvgIpc) is 3.00. The van der Waals surface area contributed by atoms with Crippen molar-refractivity contribution in [3.05, 3.63) is 18.0 Å². The minimum absolute atomic E-state index is 0.112. The van der Waals surface area contributed by atoms with Crippen LogP contribution in [-0.2, 0) is 9.53 Å². The molecule has 0 bridgehead atoms. The van der Waals surface area contributed by atoms with Gasteiger partial charge in [0.25, 0.3) is 0 Å². The molecule has 1 aliphatic carbocycles. The molecule has 1 saturated carbocycles. The van der Waals surface area contributed by atoms with Crippen molar-refractivity contribution in [1.82, 2.24) is 15.1 Å². The van der Waals surface area contributed by atoms with Crippen molar-refractivity contribution in [3.63, 3.8) is 0 Å². The molecule has 5 nitrogen and oxygen atoms in total. The zero-order valence-corrected chi connectivity index (χ0v) is 11.3. The Hall–Kier alpha value is -1.36. The molecule has 19 heavy (non-hydrogen) atoms. The van der Waals surface area contributed by atoms with Crippen molar-refractivity contribution in [1.29, 1.82) is 0 Å². The molecule has 1 aliphatic heterocycles. The summed E-state index contributed by atoms with van der Waals surface area (Å²) in [7, 11) is 0. The van der Waals surface area contributed by atoms with Gasteiger partial charge in [0, 0.05) is 37.5 Å². The number of nitrogens with zero attached hydrogens (tertiary/aromatic N) is 2. The van der Waals surface area contributed by atoms with Crippen LogP contribution in [0.1, 0.15) is 37.8 Å². The van der Waals surface area contributed by atoms with Gasteiger partial charge in [0.05, 0.1) is 12.0 Å². The summed E-state index contributed by atoms with van der Waals surface area (Å²) >= 11 is 0. The van der Waals surface area contributed by atoms with Crippen LogP contribution in [0, 0.1) is 5.92 Å². The van der Waals surface area contributed by atoms with Crippen molar-refractivity contribution in [2.45, 2.75) is 38.2 Å². The summed E-state index contributed by atoms with van der Waals surface area (Å²) in [5.74, 6) is 0.799. The predicted molar refractivity (Wildman–Crippen MR) is 70.7 cm³/mol. The summed E-state index contributed by atoms with van der Waals surface area (Å²) < 4.78 is 5.51. The van der Waals surface area contributed by atoms with Crippen LogP contribution in [0.2, 0.25) is 0 Å². The minimum atomic E-state index is 0.112. The highest BCUT2D eigenvalue weighted by Crippen LogP contribution is 2.37. The van der Waals surface area contributed by atoms with E-state index in [9.17, 15) is 4.79 Å². The average molecular weight is 263 g/mol. The monoisotopic (exact) mass is 263 g/mol. The molecule has 5 heteroatoms. The van der Waals surface area contributed by atoms with E-state index in [4.69, 9.17) is 4.74 Å². The van der Waals surface area contributed by atoms with Crippen molar-refractivity contribution in [2.24, 2.45) is 5.92 Å². The van der Waals surface area contributed by atoms with Gasteiger partial charge >= 0.3 is 0 Å². The Morgan fingerprint density at radius 3 is 3.26 bits per heavy atom. The largest absolute Gasteiger partial charge is 0.378 e.